The van der Waals surface area contributed by atoms with Crippen LogP contribution in [0.5, 0.6) is 5.75 Å². The minimum Gasteiger partial charge on any atom is -0.508 e. The van der Waals surface area contributed by atoms with E-state index in [1.54, 1.807) is 18.2 Å². The van der Waals surface area contributed by atoms with E-state index in [1.165, 1.54) is 53.1 Å². The Bertz CT molecular complexity index is 1880. The van der Waals surface area contributed by atoms with E-state index in [4.69, 9.17) is 23.2 Å². The fourth-order valence-corrected chi connectivity index (χ4v) is 8.41. The van der Waals surface area contributed by atoms with Crippen LogP contribution < -0.4 is 15.1 Å². The van der Waals surface area contributed by atoms with Crippen molar-refractivity contribution in [3.05, 3.63) is 107 Å². The average molecular weight is 658 g/mol. The molecule has 43 heavy (non-hydrogen) atoms. The lowest BCUT2D eigenvalue weighted by Crippen LogP contribution is -2.33. The van der Waals surface area contributed by atoms with E-state index in [0.717, 1.165) is 28.0 Å². The maximum atomic E-state index is 14.0. The van der Waals surface area contributed by atoms with Crippen LogP contribution in [0.25, 0.3) is 0 Å². The number of rotatable bonds is 6. The highest BCUT2D eigenvalue weighted by molar-refractivity contribution is 8.00. The minimum absolute atomic E-state index is 0.0244. The zero-order valence-electron chi connectivity index (χ0n) is 21.6. The standard InChI is InChI=1S/C28H18Cl2N4O7S2/c29-18-3-1-2-17(22(18)30)20-21-23(26(38)33(25(21)37)14-6-8-15(9-7-14)34(40)41)42-27-24(20)43-28(39)32(27)12-19(36)31-13-4-10-16(35)11-5-13/h1-11,20-21,23,35H,12H2,(H,31,36). The number of phenolic OH excluding ortho intramolecular Hbond substituents is 1. The number of carbonyl (C=O) groups excluding carboxylic acids is 3. The lowest BCUT2D eigenvalue weighted by molar-refractivity contribution is -0.384. The summed E-state index contributed by atoms with van der Waals surface area (Å²) in [6.07, 6.45) is 0. The summed E-state index contributed by atoms with van der Waals surface area (Å²) in [6.45, 7) is -0.375. The van der Waals surface area contributed by atoms with Crippen molar-refractivity contribution < 1.29 is 24.4 Å². The number of anilines is 2. The zero-order valence-corrected chi connectivity index (χ0v) is 24.7. The molecular formula is C28H18Cl2N4O7S2. The number of hydrogen-bond acceptors (Lipinski definition) is 9. The van der Waals surface area contributed by atoms with Crippen molar-refractivity contribution in [2.45, 2.75) is 22.7 Å². The van der Waals surface area contributed by atoms with Crippen molar-refractivity contribution in [1.29, 1.82) is 0 Å². The molecule has 3 heterocycles. The van der Waals surface area contributed by atoms with Gasteiger partial charge in [-0.3, -0.25) is 33.9 Å². The van der Waals surface area contributed by atoms with Gasteiger partial charge in [-0.25, -0.2) is 4.90 Å². The maximum Gasteiger partial charge on any atom is 0.308 e. The van der Waals surface area contributed by atoms with Crippen molar-refractivity contribution >= 4 is 81.1 Å². The molecule has 11 nitrogen and oxygen atoms in total. The molecule has 1 fully saturated rings. The molecule has 0 spiro atoms. The van der Waals surface area contributed by atoms with Crippen LogP contribution >= 0.6 is 46.3 Å². The largest absolute Gasteiger partial charge is 0.508 e. The van der Waals surface area contributed by atoms with Gasteiger partial charge in [-0.05, 0) is 48.0 Å². The van der Waals surface area contributed by atoms with Crippen LogP contribution in [0.3, 0.4) is 0 Å². The van der Waals surface area contributed by atoms with Gasteiger partial charge < -0.3 is 10.4 Å². The molecule has 3 unspecified atom stereocenters. The average Bonchev–Trinajstić information content (AvgIpc) is 3.42. The third-order valence-electron chi connectivity index (χ3n) is 7.14. The normalized spacial score (nSPS) is 19.2. The molecular weight excluding hydrogens is 639 g/mol. The first-order chi connectivity index (χ1) is 20.5. The second-order valence-corrected chi connectivity index (χ2v) is 12.6. The molecule has 3 amide bonds. The predicted octanol–water partition coefficient (Wildman–Crippen LogP) is 5.26. The van der Waals surface area contributed by atoms with Crippen molar-refractivity contribution in [2.75, 3.05) is 10.2 Å². The van der Waals surface area contributed by atoms with Crippen molar-refractivity contribution in [3.63, 3.8) is 0 Å². The number of nitro groups is 1. The number of thioether (sulfide) groups is 1. The van der Waals surface area contributed by atoms with Gasteiger partial charge in [-0.15, -0.1) is 0 Å². The van der Waals surface area contributed by atoms with Gasteiger partial charge in [0, 0.05) is 28.6 Å². The van der Waals surface area contributed by atoms with Crippen LogP contribution in [0.15, 0.2) is 76.6 Å². The van der Waals surface area contributed by atoms with E-state index in [0.29, 0.717) is 21.2 Å². The number of nitro benzene ring substituents is 1. The summed E-state index contributed by atoms with van der Waals surface area (Å²) in [5.74, 6) is -3.44. The zero-order chi connectivity index (χ0) is 30.6. The van der Waals surface area contributed by atoms with Gasteiger partial charge in [0.15, 0.2) is 0 Å². The fraction of sp³-hybridized carbons (Fsp3) is 0.143. The molecule has 0 bridgehead atoms. The second kappa shape index (κ2) is 11.2. The molecule has 0 aliphatic carbocycles. The number of fused-ring (bicyclic) bond motifs is 2. The number of non-ortho nitro benzene ring substituents is 1. The number of phenols is 1. The number of nitrogens with one attached hydrogen (secondary N) is 1. The molecule has 15 heteroatoms. The highest BCUT2D eigenvalue weighted by atomic mass is 35.5. The summed E-state index contributed by atoms with van der Waals surface area (Å²) in [7, 11) is 0. The molecule has 3 atom stereocenters. The lowest BCUT2D eigenvalue weighted by Gasteiger charge is -2.31. The molecule has 4 aromatic rings. The molecule has 0 saturated carbocycles. The van der Waals surface area contributed by atoms with E-state index in [9.17, 15) is 34.4 Å². The first-order valence-electron chi connectivity index (χ1n) is 12.6. The quantitative estimate of drug-likeness (QED) is 0.123. The van der Waals surface area contributed by atoms with E-state index in [2.05, 4.69) is 5.32 Å². The summed E-state index contributed by atoms with van der Waals surface area (Å²) < 4.78 is 1.26. The number of thiazole rings is 1. The number of hydrogen-bond donors (Lipinski definition) is 2. The van der Waals surface area contributed by atoms with Crippen LogP contribution in [0.1, 0.15) is 16.4 Å². The Kier molecular flexibility index (Phi) is 7.50. The molecule has 1 saturated heterocycles. The number of aromatic hydroxyl groups is 1. The Balaban J connectivity index is 1.42. The number of nitrogens with zero attached hydrogens (tertiary/aromatic N) is 3. The molecule has 3 aromatic carbocycles. The van der Waals surface area contributed by atoms with Crippen molar-refractivity contribution in [2.24, 2.45) is 5.92 Å². The van der Waals surface area contributed by atoms with Gasteiger partial charge in [0.1, 0.15) is 17.5 Å². The van der Waals surface area contributed by atoms with Crippen LogP contribution in [-0.2, 0) is 20.9 Å². The highest BCUT2D eigenvalue weighted by Gasteiger charge is 2.57. The fourth-order valence-electron chi connectivity index (χ4n) is 5.22. The number of imide groups is 1. The topological polar surface area (TPSA) is 152 Å². The summed E-state index contributed by atoms with van der Waals surface area (Å²) in [5, 5.41) is 23.1. The summed E-state index contributed by atoms with van der Waals surface area (Å²) >= 11 is 14.8. The first kappa shape index (κ1) is 28.9. The predicted molar refractivity (Wildman–Crippen MR) is 162 cm³/mol. The number of halogens is 2. The highest BCUT2D eigenvalue weighted by Crippen LogP contribution is 2.55. The van der Waals surface area contributed by atoms with Crippen molar-refractivity contribution in [1.82, 2.24) is 4.57 Å². The molecule has 0 radical (unpaired) electrons. The molecule has 2 aliphatic heterocycles. The van der Waals surface area contributed by atoms with Crippen LogP contribution in [0.4, 0.5) is 17.1 Å². The third-order valence-corrected chi connectivity index (χ3v) is 10.6. The number of amides is 3. The second-order valence-electron chi connectivity index (χ2n) is 9.69. The van der Waals surface area contributed by atoms with Gasteiger partial charge in [0.2, 0.25) is 17.7 Å². The number of aromatic nitrogens is 1. The Morgan fingerprint density at radius 1 is 1.00 bits per heavy atom. The number of benzene rings is 3. The third kappa shape index (κ3) is 5.07. The van der Waals surface area contributed by atoms with Gasteiger partial charge >= 0.3 is 4.87 Å². The van der Waals surface area contributed by atoms with E-state index in [1.807, 2.05) is 0 Å². The minimum atomic E-state index is -0.990. The summed E-state index contributed by atoms with van der Waals surface area (Å²) in [6, 6.07) is 15.8. The SMILES string of the molecule is O=C(Cn1c2c(sc1=O)C(c1cccc(Cl)c1Cl)C1C(=O)N(c3ccc([N+](=O)[O-])cc3)C(=O)C1S2)Nc1ccc(O)cc1. The van der Waals surface area contributed by atoms with Gasteiger partial charge in [0.25, 0.3) is 5.69 Å². The molecule has 2 N–H and O–H groups in total. The maximum absolute atomic E-state index is 14.0. The van der Waals surface area contributed by atoms with Crippen molar-refractivity contribution in [3.8, 4) is 5.75 Å². The Labute approximate surface area is 260 Å². The molecule has 6 rings (SSSR count). The molecule has 1 aromatic heterocycles. The van der Waals surface area contributed by atoms with E-state index >= 15 is 0 Å². The van der Waals surface area contributed by atoms with Gasteiger partial charge in [-0.1, -0.05) is 58.4 Å². The molecule has 218 valence electrons. The van der Waals surface area contributed by atoms with Gasteiger partial charge in [0.05, 0.1) is 31.6 Å². The van der Waals surface area contributed by atoms with Gasteiger partial charge in [-0.2, -0.15) is 0 Å². The summed E-state index contributed by atoms with van der Waals surface area (Å²) in [5.41, 5.74) is 0.821. The number of carbonyl (C=O) groups is 3. The Morgan fingerprint density at radius 2 is 1.70 bits per heavy atom. The lowest BCUT2D eigenvalue weighted by atomic mass is 9.83. The van der Waals surface area contributed by atoms with Crippen LogP contribution in [0, 0.1) is 16.0 Å². The van der Waals surface area contributed by atoms with Crippen LogP contribution in [-0.4, -0.2) is 37.6 Å². The summed E-state index contributed by atoms with van der Waals surface area (Å²) in [4.78, 5) is 65.6. The monoisotopic (exact) mass is 656 g/mol. The molecule has 2 aliphatic rings. The smallest absolute Gasteiger partial charge is 0.308 e. The Hall–Kier alpha value is -4.17. The van der Waals surface area contributed by atoms with E-state index in [-0.39, 0.29) is 33.7 Å². The first-order valence-corrected chi connectivity index (χ1v) is 15.1. The Morgan fingerprint density at radius 3 is 2.37 bits per heavy atom. The van der Waals surface area contributed by atoms with E-state index < -0.39 is 44.6 Å². The van der Waals surface area contributed by atoms with Crippen LogP contribution in [0.2, 0.25) is 10.0 Å².